The van der Waals surface area contributed by atoms with Crippen molar-refractivity contribution in [1.82, 2.24) is 0 Å². The van der Waals surface area contributed by atoms with E-state index in [-0.39, 0.29) is 45.9 Å². The molecule has 12 aromatic carbocycles. The number of benzene rings is 12. The first kappa shape index (κ1) is 61.3. The monoisotopic (exact) mass is 1250 g/mol. The molecular weight excluding hydrogens is 1200 g/mol. The zero-order valence-corrected chi connectivity index (χ0v) is 50.3. The molecule has 13 rings (SSSR count). The van der Waals surface area contributed by atoms with E-state index in [1.807, 2.05) is 86.6 Å². The van der Waals surface area contributed by atoms with Crippen LogP contribution in [0, 0.1) is 13.8 Å². The lowest BCUT2D eigenvalue weighted by Gasteiger charge is -2.38. The first-order valence-corrected chi connectivity index (χ1v) is 30.0. The summed E-state index contributed by atoms with van der Waals surface area (Å²) in [7, 11) is 0. The van der Waals surface area contributed by atoms with Gasteiger partial charge in [0.25, 0.3) is 0 Å². The number of aryl methyl sites for hydroxylation is 2. The van der Waals surface area contributed by atoms with Gasteiger partial charge in [0.2, 0.25) is 5.41 Å². The van der Waals surface area contributed by atoms with Gasteiger partial charge in [-0.05, 0) is 204 Å². The van der Waals surface area contributed by atoms with Crippen molar-refractivity contribution in [1.29, 1.82) is 0 Å². The second kappa shape index (κ2) is 24.9. The Hall–Kier alpha value is -11.6. The van der Waals surface area contributed by atoms with E-state index in [1.54, 1.807) is 60.7 Å². The van der Waals surface area contributed by atoms with Gasteiger partial charge >= 0.3 is 12.4 Å². The number of hydrogen-bond acceptors (Lipinski definition) is 7. The van der Waals surface area contributed by atoms with Crippen molar-refractivity contribution in [2.24, 2.45) is 0 Å². The van der Waals surface area contributed by atoms with Crippen LogP contribution in [-0.2, 0) is 10.8 Å². The van der Waals surface area contributed by atoms with E-state index in [0.717, 1.165) is 93.0 Å². The zero-order chi connectivity index (χ0) is 65.4. The van der Waals surface area contributed by atoms with Crippen LogP contribution in [0.2, 0.25) is 0 Å². The van der Waals surface area contributed by atoms with Gasteiger partial charge < -0.3 is 18.9 Å². The lowest BCUT2D eigenvalue weighted by Crippen LogP contribution is -2.54. The van der Waals surface area contributed by atoms with E-state index in [2.05, 4.69) is 60.7 Å². The molecule has 0 saturated heterocycles. The summed E-state index contributed by atoms with van der Waals surface area (Å²) >= 11 is 0. The number of hydrogen-bond donors (Lipinski definition) is 0. The maximum absolute atomic E-state index is 15.1. The number of carbonyl (C=O) groups is 3. The third-order valence-electron chi connectivity index (χ3n) is 17.0. The standard InChI is InChI=1S/C81H54F6O7/c1-51-11-15-53(16-12-51)75(88)55-19-35-63(36-20-55)91-67-43-27-59(28-44-67)78(73-9-5-3-7-71(73)72-8-4-6-10-74(72)78)60-29-45-68(46-30-60)92-64-39-23-57(24-40-64)77(90)58-25-41-66(42-26-58)94-70-49-33-62(34-50-70)79(80(82,83)84,81(85,86)87)61-31-47-69(48-32-61)93-65-37-21-56(22-38-65)76(89)54-17-13-52(2)14-18-54/h3-50H,1-2H3. The van der Waals surface area contributed by atoms with Crippen molar-refractivity contribution in [2.45, 2.75) is 37.0 Å². The number of ether oxygens (including phenoxy) is 4. The van der Waals surface area contributed by atoms with E-state index in [4.69, 9.17) is 18.9 Å². The molecule has 0 fully saturated rings. The van der Waals surface area contributed by atoms with Crippen LogP contribution in [0.1, 0.15) is 92.3 Å². The normalized spacial score (nSPS) is 12.5. The molecule has 7 nitrogen and oxygen atoms in total. The van der Waals surface area contributed by atoms with Gasteiger partial charge in [-0.1, -0.05) is 157 Å². The Bertz CT molecular complexity index is 4680. The fourth-order valence-electron chi connectivity index (χ4n) is 12.2. The first-order chi connectivity index (χ1) is 45.3. The molecule has 12 aromatic rings. The number of ketones is 3. The topological polar surface area (TPSA) is 88.1 Å². The SMILES string of the molecule is Cc1ccc(C(=O)c2ccc(Oc3ccc(C4(c5ccc(Oc6ccc(C(=O)c7ccc(Oc8ccc(C(c9ccc(Oc%10ccc(C(=O)c%11ccc(C)cc%11)cc%10)cc9)(C(F)(F)F)C(F)(F)F)cc8)cc7)cc6)cc5)c5ccccc5-c5ccccc54)cc3)cc2)cc1. The second-order valence-electron chi connectivity index (χ2n) is 22.9. The quantitative estimate of drug-likeness (QED) is 0.0625. The molecule has 0 heterocycles. The highest BCUT2D eigenvalue weighted by molar-refractivity contribution is 6.10. The summed E-state index contributed by atoms with van der Waals surface area (Å²) in [4.78, 5) is 39.8. The van der Waals surface area contributed by atoms with Crippen molar-refractivity contribution in [3.8, 4) is 57.1 Å². The highest BCUT2D eigenvalue weighted by Gasteiger charge is 2.72. The summed E-state index contributed by atoms with van der Waals surface area (Å²) in [6, 6.07) is 80.0. The molecule has 1 aliphatic rings. The Morgan fingerprint density at radius 3 is 0.734 bits per heavy atom. The molecule has 0 atom stereocenters. The molecule has 0 aromatic heterocycles. The van der Waals surface area contributed by atoms with E-state index < -0.39 is 34.3 Å². The van der Waals surface area contributed by atoms with E-state index >= 15 is 26.3 Å². The highest BCUT2D eigenvalue weighted by atomic mass is 19.4. The first-order valence-electron chi connectivity index (χ1n) is 30.0. The fraction of sp³-hybridized carbons (Fsp3) is 0.0741. The summed E-state index contributed by atoms with van der Waals surface area (Å²) in [6.45, 7) is 3.88. The molecule has 0 N–H and O–H groups in total. The zero-order valence-electron chi connectivity index (χ0n) is 50.3. The minimum absolute atomic E-state index is 0.0334. The lowest BCUT2D eigenvalue weighted by atomic mass is 9.68. The summed E-state index contributed by atoms with van der Waals surface area (Å²) in [5.41, 5.74) is 3.90. The predicted molar refractivity (Wildman–Crippen MR) is 348 cm³/mol. The van der Waals surface area contributed by atoms with E-state index in [1.165, 1.54) is 48.5 Å². The minimum atomic E-state index is -5.85. The van der Waals surface area contributed by atoms with Crippen LogP contribution in [-0.4, -0.2) is 29.7 Å². The van der Waals surface area contributed by atoms with Gasteiger partial charge in [-0.15, -0.1) is 0 Å². The molecule has 0 radical (unpaired) electrons. The van der Waals surface area contributed by atoms with Crippen LogP contribution in [0.5, 0.6) is 46.0 Å². The van der Waals surface area contributed by atoms with Crippen LogP contribution in [0.15, 0.2) is 291 Å². The average molecular weight is 1250 g/mol. The van der Waals surface area contributed by atoms with Crippen LogP contribution in [0.25, 0.3) is 11.1 Å². The third kappa shape index (κ3) is 11.7. The Morgan fingerprint density at radius 1 is 0.277 bits per heavy atom. The smallest absolute Gasteiger partial charge is 0.411 e. The Morgan fingerprint density at radius 2 is 0.489 bits per heavy atom. The molecule has 94 heavy (non-hydrogen) atoms. The second-order valence-corrected chi connectivity index (χ2v) is 22.9. The van der Waals surface area contributed by atoms with Gasteiger partial charge in [-0.25, -0.2) is 0 Å². The van der Waals surface area contributed by atoms with Gasteiger partial charge in [0, 0.05) is 33.4 Å². The predicted octanol–water partition coefficient (Wildman–Crippen LogP) is 20.9. The van der Waals surface area contributed by atoms with Crippen molar-refractivity contribution in [3.05, 3.63) is 369 Å². The molecular formula is C81H54F6O7. The van der Waals surface area contributed by atoms with Crippen LogP contribution in [0.4, 0.5) is 26.3 Å². The van der Waals surface area contributed by atoms with Crippen LogP contribution in [0.3, 0.4) is 0 Å². The molecule has 1 aliphatic carbocycles. The van der Waals surface area contributed by atoms with Crippen LogP contribution < -0.4 is 18.9 Å². The Balaban J connectivity index is 0.666. The van der Waals surface area contributed by atoms with Gasteiger partial charge in [0.05, 0.1) is 5.41 Å². The summed E-state index contributed by atoms with van der Waals surface area (Å²) in [5.74, 6) is 1.92. The van der Waals surface area contributed by atoms with E-state index in [0.29, 0.717) is 50.8 Å². The maximum Gasteiger partial charge on any atom is 0.411 e. The maximum atomic E-state index is 15.1. The third-order valence-corrected chi connectivity index (χ3v) is 17.0. The summed E-state index contributed by atoms with van der Waals surface area (Å²) < 4.78 is 115. The summed E-state index contributed by atoms with van der Waals surface area (Å²) in [5, 5.41) is 0. The number of fused-ring (bicyclic) bond motifs is 3. The van der Waals surface area contributed by atoms with Gasteiger partial charge in [-0.3, -0.25) is 14.4 Å². The van der Waals surface area contributed by atoms with Crippen LogP contribution >= 0.6 is 0 Å². The molecule has 0 amide bonds. The molecule has 462 valence electrons. The molecule has 0 aliphatic heterocycles. The highest BCUT2D eigenvalue weighted by Crippen LogP contribution is 2.58. The minimum Gasteiger partial charge on any atom is -0.457 e. The Kier molecular flexibility index (Phi) is 16.2. The molecule has 13 heteroatoms. The number of rotatable bonds is 18. The largest absolute Gasteiger partial charge is 0.457 e. The van der Waals surface area contributed by atoms with Crippen molar-refractivity contribution in [3.63, 3.8) is 0 Å². The van der Waals surface area contributed by atoms with Crippen molar-refractivity contribution in [2.75, 3.05) is 0 Å². The van der Waals surface area contributed by atoms with Crippen molar-refractivity contribution >= 4 is 17.3 Å². The molecule has 0 bridgehead atoms. The Labute approximate surface area is 537 Å². The van der Waals surface area contributed by atoms with Gasteiger partial charge in [0.15, 0.2) is 17.3 Å². The fourth-order valence-corrected chi connectivity index (χ4v) is 12.2. The molecule has 0 saturated carbocycles. The van der Waals surface area contributed by atoms with Crippen molar-refractivity contribution < 1.29 is 59.7 Å². The average Bonchev–Trinajstić information content (AvgIpc) is 1.46. The molecule has 0 spiro atoms. The van der Waals surface area contributed by atoms with E-state index in [9.17, 15) is 14.4 Å². The number of alkyl halides is 6. The lowest BCUT2D eigenvalue weighted by molar-refractivity contribution is -0.288. The van der Waals surface area contributed by atoms with Gasteiger partial charge in [0.1, 0.15) is 46.0 Å². The van der Waals surface area contributed by atoms with Gasteiger partial charge in [-0.2, -0.15) is 26.3 Å². The number of halogens is 6. The summed E-state index contributed by atoms with van der Waals surface area (Å²) in [6.07, 6.45) is -11.7. The number of carbonyl (C=O) groups excluding carboxylic acids is 3. The molecule has 0 unspecified atom stereocenters.